The van der Waals surface area contributed by atoms with E-state index in [1.165, 1.54) is 31.2 Å². The third-order valence-electron chi connectivity index (χ3n) is 4.43. The first-order chi connectivity index (χ1) is 11.2. The van der Waals surface area contributed by atoms with E-state index in [0.717, 1.165) is 11.3 Å². The predicted octanol–water partition coefficient (Wildman–Crippen LogP) is 3.67. The molecule has 120 valence electrons. The standard InChI is InChI=1S/C19H23N3O/c1-14-6-2-3-7-15(14)12-21-19(23)16-10-18(13-20-11-16)22-17-8-4-5-9-17/h2-3,6-7,10-11,13,17,22H,4-5,8-9,12H2,1H3,(H,21,23). The van der Waals surface area contributed by atoms with Gasteiger partial charge in [0.1, 0.15) is 0 Å². The lowest BCUT2D eigenvalue weighted by Gasteiger charge is -2.14. The summed E-state index contributed by atoms with van der Waals surface area (Å²) in [7, 11) is 0. The lowest BCUT2D eigenvalue weighted by Crippen LogP contribution is -2.23. The lowest BCUT2D eigenvalue weighted by atomic mass is 10.1. The maximum atomic E-state index is 12.3. The molecule has 1 aromatic heterocycles. The zero-order chi connectivity index (χ0) is 16.1. The highest BCUT2D eigenvalue weighted by Crippen LogP contribution is 2.22. The Kier molecular flexibility index (Phi) is 4.91. The molecule has 4 nitrogen and oxygen atoms in total. The van der Waals surface area contributed by atoms with Gasteiger partial charge in [-0.25, -0.2) is 0 Å². The fourth-order valence-electron chi connectivity index (χ4n) is 3.03. The zero-order valence-electron chi connectivity index (χ0n) is 13.5. The van der Waals surface area contributed by atoms with E-state index in [0.29, 0.717) is 18.2 Å². The number of anilines is 1. The van der Waals surface area contributed by atoms with Gasteiger partial charge >= 0.3 is 0 Å². The number of nitrogens with one attached hydrogen (secondary N) is 2. The normalized spacial score (nSPS) is 14.7. The summed E-state index contributed by atoms with van der Waals surface area (Å²) in [6, 6.07) is 10.5. The predicted molar refractivity (Wildman–Crippen MR) is 92.5 cm³/mol. The van der Waals surface area contributed by atoms with Crippen LogP contribution in [0.25, 0.3) is 0 Å². The van der Waals surface area contributed by atoms with Gasteiger partial charge in [0.05, 0.1) is 11.3 Å². The van der Waals surface area contributed by atoms with Crippen molar-refractivity contribution < 1.29 is 4.79 Å². The number of amides is 1. The van der Waals surface area contributed by atoms with Gasteiger partial charge < -0.3 is 10.6 Å². The topological polar surface area (TPSA) is 54.0 Å². The van der Waals surface area contributed by atoms with Gasteiger partial charge in [0.2, 0.25) is 0 Å². The minimum absolute atomic E-state index is 0.0872. The van der Waals surface area contributed by atoms with Crippen LogP contribution in [-0.2, 0) is 6.54 Å². The first-order valence-corrected chi connectivity index (χ1v) is 8.26. The third-order valence-corrected chi connectivity index (χ3v) is 4.43. The summed E-state index contributed by atoms with van der Waals surface area (Å²) in [5, 5.41) is 6.45. The fraction of sp³-hybridized carbons (Fsp3) is 0.368. The molecule has 1 aromatic carbocycles. The monoisotopic (exact) mass is 309 g/mol. The molecular formula is C19H23N3O. The molecule has 1 heterocycles. The number of pyridine rings is 1. The number of rotatable bonds is 5. The number of aryl methyl sites for hydroxylation is 1. The van der Waals surface area contributed by atoms with E-state index in [1.807, 2.05) is 24.3 Å². The molecule has 1 amide bonds. The van der Waals surface area contributed by atoms with Crippen LogP contribution in [-0.4, -0.2) is 16.9 Å². The number of benzene rings is 1. The Hall–Kier alpha value is -2.36. The summed E-state index contributed by atoms with van der Waals surface area (Å²) in [6.45, 7) is 2.58. The Morgan fingerprint density at radius 3 is 2.78 bits per heavy atom. The molecule has 0 unspecified atom stereocenters. The molecule has 1 aliphatic rings. The third kappa shape index (κ3) is 4.09. The average Bonchev–Trinajstić information content (AvgIpc) is 3.07. The number of nitrogens with zero attached hydrogens (tertiary/aromatic N) is 1. The van der Waals surface area contributed by atoms with E-state index < -0.39 is 0 Å². The zero-order valence-corrected chi connectivity index (χ0v) is 13.5. The van der Waals surface area contributed by atoms with Crippen LogP contribution >= 0.6 is 0 Å². The van der Waals surface area contributed by atoms with Crippen molar-refractivity contribution in [3.63, 3.8) is 0 Å². The van der Waals surface area contributed by atoms with Crippen molar-refractivity contribution in [3.8, 4) is 0 Å². The van der Waals surface area contributed by atoms with Gasteiger partial charge in [0, 0.05) is 25.0 Å². The molecule has 3 rings (SSSR count). The first-order valence-electron chi connectivity index (χ1n) is 8.26. The summed E-state index contributed by atoms with van der Waals surface area (Å²) >= 11 is 0. The maximum Gasteiger partial charge on any atom is 0.253 e. The van der Waals surface area contributed by atoms with E-state index >= 15 is 0 Å². The van der Waals surface area contributed by atoms with Crippen LogP contribution < -0.4 is 10.6 Å². The van der Waals surface area contributed by atoms with Crippen LogP contribution in [0.3, 0.4) is 0 Å². The molecule has 0 atom stereocenters. The van der Waals surface area contributed by atoms with Crippen LogP contribution in [0.2, 0.25) is 0 Å². The second-order valence-corrected chi connectivity index (χ2v) is 6.20. The molecule has 4 heteroatoms. The van der Waals surface area contributed by atoms with Crippen LogP contribution in [0.15, 0.2) is 42.7 Å². The lowest BCUT2D eigenvalue weighted by molar-refractivity contribution is 0.0950. The van der Waals surface area contributed by atoms with Crippen molar-refractivity contribution in [1.82, 2.24) is 10.3 Å². The molecule has 0 aliphatic heterocycles. The number of aromatic nitrogens is 1. The molecule has 0 saturated heterocycles. The SMILES string of the molecule is Cc1ccccc1CNC(=O)c1cncc(NC2CCCC2)c1. The minimum atomic E-state index is -0.0872. The Morgan fingerprint density at radius 1 is 1.22 bits per heavy atom. The van der Waals surface area contributed by atoms with Gasteiger partial charge in [-0.3, -0.25) is 9.78 Å². The van der Waals surface area contributed by atoms with E-state index in [9.17, 15) is 4.79 Å². The van der Waals surface area contributed by atoms with Crippen molar-refractivity contribution in [1.29, 1.82) is 0 Å². The van der Waals surface area contributed by atoms with Crippen molar-refractivity contribution in [3.05, 3.63) is 59.4 Å². The highest BCUT2D eigenvalue weighted by Gasteiger charge is 2.15. The van der Waals surface area contributed by atoms with E-state index in [4.69, 9.17) is 0 Å². The largest absolute Gasteiger partial charge is 0.381 e. The Morgan fingerprint density at radius 2 is 2.00 bits per heavy atom. The van der Waals surface area contributed by atoms with Crippen molar-refractivity contribution in [2.45, 2.75) is 45.2 Å². The van der Waals surface area contributed by atoms with Gasteiger partial charge in [0.15, 0.2) is 0 Å². The van der Waals surface area contributed by atoms with Crippen LogP contribution in [0.4, 0.5) is 5.69 Å². The molecule has 1 aliphatic carbocycles. The van der Waals surface area contributed by atoms with Crippen LogP contribution in [0, 0.1) is 6.92 Å². The average molecular weight is 309 g/mol. The highest BCUT2D eigenvalue weighted by molar-refractivity contribution is 5.94. The molecule has 0 radical (unpaired) electrons. The van der Waals surface area contributed by atoms with E-state index in [2.05, 4.69) is 28.6 Å². The van der Waals surface area contributed by atoms with Gasteiger partial charge in [-0.2, -0.15) is 0 Å². The summed E-state index contributed by atoms with van der Waals surface area (Å²) in [5.41, 5.74) is 3.85. The highest BCUT2D eigenvalue weighted by atomic mass is 16.1. The van der Waals surface area contributed by atoms with Gasteiger partial charge in [-0.15, -0.1) is 0 Å². The summed E-state index contributed by atoms with van der Waals surface area (Å²) in [6.07, 6.45) is 8.36. The fourth-order valence-corrected chi connectivity index (χ4v) is 3.03. The minimum Gasteiger partial charge on any atom is -0.381 e. The molecule has 2 N–H and O–H groups in total. The summed E-state index contributed by atoms with van der Waals surface area (Å²) in [5.74, 6) is -0.0872. The van der Waals surface area contributed by atoms with E-state index in [-0.39, 0.29) is 5.91 Å². The number of carbonyl (C=O) groups is 1. The van der Waals surface area contributed by atoms with Gasteiger partial charge in [-0.05, 0) is 37.0 Å². The van der Waals surface area contributed by atoms with Gasteiger partial charge in [-0.1, -0.05) is 37.1 Å². The molecule has 2 aromatic rings. The molecule has 23 heavy (non-hydrogen) atoms. The quantitative estimate of drug-likeness (QED) is 0.886. The number of hydrogen-bond donors (Lipinski definition) is 2. The molecule has 0 bridgehead atoms. The molecule has 1 fully saturated rings. The summed E-state index contributed by atoms with van der Waals surface area (Å²) in [4.78, 5) is 16.5. The Labute approximate surface area is 137 Å². The van der Waals surface area contributed by atoms with Crippen molar-refractivity contribution >= 4 is 11.6 Å². The summed E-state index contributed by atoms with van der Waals surface area (Å²) < 4.78 is 0. The van der Waals surface area contributed by atoms with E-state index in [1.54, 1.807) is 12.4 Å². The van der Waals surface area contributed by atoms with Crippen LogP contribution in [0.1, 0.15) is 47.2 Å². The van der Waals surface area contributed by atoms with Gasteiger partial charge in [0.25, 0.3) is 5.91 Å². The Bertz CT molecular complexity index is 678. The molecule has 1 saturated carbocycles. The van der Waals surface area contributed by atoms with Crippen molar-refractivity contribution in [2.75, 3.05) is 5.32 Å². The first kappa shape index (κ1) is 15.5. The Balaban J connectivity index is 1.61. The smallest absolute Gasteiger partial charge is 0.253 e. The number of carbonyl (C=O) groups excluding carboxylic acids is 1. The van der Waals surface area contributed by atoms with Crippen molar-refractivity contribution in [2.24, 2.45) is 0 Å². The second kappa shape index (κ2) is 7.27. The maximum absolute atomic E-state index is 12.3. The second-order valence-electron chi connectivity index (χ2n) is 6.20. The molecular weight excluding hydrogens is 286 g/mol. The molecule has 0 spiro atoms. The van der Waals surface area contributed by atoms with Crippen LogP contribution in [0.5, 0.6) is 0 Å². The number of hydrogen-bond acceptors (Lipinski definition) is 3.